The summed E-state index contributed by atoms with van der Waals surface area (Å²) in [5.41, 5.74) is 0. The van der Waals surface area contributed by atoms with Crippen LogP contribution in [0, 0.1) is 0 Å². The Balaban J connectivity index is 1.73. The van der Waals surface area contributed by atoms with E-state index in [0.717, 1.165) is 5.76 Å². The third-order valence-electron chi connectivity index (χ3n) is 3.48. The molecule has 2 rings (SSSR count). The first-order valence-electron chi connectivity index (χ1n) is 7.06. The molecule has 0 bridgehead atoms. The monoisotopic (exact) mass is 295 g/mol. The Morgan fingerprint density at radius 1 is 1.38 bits per heavy atom. The number of nitrogens with one attached hydrogen (secondary N) is 1. The minimum atomic E-state index is -0.833. The summed E-state index contributed by atoms with van der Waals surface area (Å²) in [6.45, 7) is 4.24. The predicted octanol–water partition coefficient (Wildman–Crippen LogP) is 0.622. The third kappa shape index (κ3) is 4.78. The molecule has 0 aliphatic carbocycles. The van der Waals surface area contributed by atoms with Gasteiger partial charge in [0.2, 0.25) is 0 Å². The Hall–Kier alpha value is -2.02. The van der Waals surface area contributed by atoms with Crippen LogP contribution in [0.2, 0.25) is 0 Å². The van der Waals surface area contributed by atoms with E-state index in [1.54, 1.807) is 11.2 Å². The molecule has 1 saturated heterocycles. The van der Waals surface area contributed by atoms with Crippen LogP contribution in [0.5, 0.6) is 0 Å². The van der Waals surface area contributed by atoms with Gasteiger partial charge in [0.1, 0.15) is 5.76 Å². The molecule has 7 heteroatoms. The molecule has 1 unspecified atom stereocenters. The maximum atomic E-state index is 12.1. The summed E-state index contributed by atoms with van der Waals surface area (Å²) in [6, 6.07) is 3.59. The van der Waals surface area contributed by atoms with Gasteiger partial charge in [-0.1, -0.05) is 0 Å². The van der Waals surface area contributed by atoms with Crippen molar-refractivity contribution in [1.29, 1.82) is 0 Å². The highest BCUT2D eigenvalue weighted by molar-refractivity contribution is 5.74. The molecular formula is C14H21N3O4. The van der Waals surface area contributed by atoms with E-state index in [4.69, 9.17) is 9.52 Å². The Morgan fingerprint density at radius 2 is 2.10 bits per heavy atom. The fourth-order valence-corrected chi connectivity index (χ4v) is 2.38. The maximum Gasteiger partial charge on any atom is 0.317 e. The van der Waals surface area contributed by atoms with Crippen LogP contribution < -0.4 is 5.32 Å². The lowest BCUT2D eigenvalue weighted by molar-refractivity contribution is -0.138. The van der Waals surface area contributed by atoms with Crippen molar-refractivity contribution >= 4 is 12.0 Å². The van der Waals surface area contributed by atoms with Crippen LogP contribution in [-0.2, 0) is 11.2 Å². The van der Waals surface area contributed by atoms with E-state index in [9.17, 15) is 9.59 Å². The number of carbonyl (C=O) groups is 2. The standard InChI is InChI=1S/C14H21N3O4/c1-11(9-12-3-2-8-21-12)15-14(20)17-6-4-16(5-7-17)10-13(18)19/h2-3,8,11H,4-7,9-10H2,1H3,(H,15,20)(H,18,19). The van der Waals surface area contributed by atoms with Gasteiger partial charge < -0.3 is 19.7 Å². The number of rotatable bonds is 5. The van der Waals surface area contributed by atoms with E-state index >= 15 is 0 Å². The van der Waals surface area contributed by atoms with Gasteiger partial charge in [0.25, 0.3) is 0 Å². The number of carboxylic acids is 1. The van der Waals surface area contributed by atoms with Crippen LogP contribution in [-0.4, -0.2) is 65.7 Å². The van der Waals surface area contributed by atoms with E-state index in [0.29, 0.717) is 32.6 Å². The molecule has 0 radical (unpaired) electrons. The number of urea groups is 1. The molecule has 2 amide bonds. The van der Waals surface area contributed by atoms with E-state index in [-0.39, 0.29) is 18.6 Å². The predicted molar refractivity (Wildman–Crippen MR) is 76.1 cm³/mol. The Morgan fingerprint density at radius 3 is 2.67 bits per heavy atom. The van der Waals surface area contributed by atoms with Crippen molar-refractivity contribution in [3.05, 3.63) is 24.2 Å². The smallest absolute Gasteiger partial charge is 0.317 e. The van der Waals surface area contributed by atoms with Crippen molar-refractivity contribution in [3.63, 3.8) is 0 Å². The zero-order chi connectivity index (χ0) is 15.2. The van der Waals surface area contributed by atoms with Crippen LogP contribution in [0.4, 0.5) is 4.79 Å². The Bertz CT molecular complexity index is 467. The molecule has 2 N–H and O–H groups in total. The molecule has 1 aromatic heterocycles. The minimum absolute atomic E-state index is 0.0132. The highest BCUT2D eigenvalue weighted by Crippen LogP contribution is 2.06. The van der Waals surface area contributed by atoms with Crippen LogP contribution in [0.1, 0.15) is 12.7 Å². The summed E-state index contributed by atoms with van der Waals surface area (Å²) in [7, 11) is 0. The van der Waals surface area contributed by atoms with Crippen LogP contribution >= 0.6 is 0 Å². The van der Waals surface area contributed by atoms with Crippen molar-refractivity contribution in [2.75, 3.05) is 32.7 Å². The lowest BCUT2D eigenvalue weighted by Gasteiger charge is -2.34. The maximum absolute atomic E-state index is 12.1. The first kappa shape index (κ1) is 15.4. The third-order valence-corrected chi connectivity index (χ3v) is 3.48. The zero-order valence-corrected chi connectivity index (χ0v) is 12.1. The van der Waals surface area contributed by atoms with Crippen LogP contribution in [0.25, 0.3) is 0 Å². The van der Waals surface area contributed by atoms with Gasteiger partial charge in [-0.2, -0.15) is 0 Å². The zero-order valence-electron chi connectivity index (χ0n) is 12.1. The van der Waals surface area contributed by atoms with Gasteiger partial charge in [-0.05, 0) is 19.1 Å². The molecular weight excluding hydrogens is 274 g/mol. The second-order valence-electron chi connectivity index (χ2n) is 5.29. The SMILES string of the molecule is CC(Cc1ccco1)NC(=O)N1CCN(CC(=O)O)CC1. The summed E-state index contributed by atoms with van der Waals surface area (Å²) in [6.07, 6.45) is 2.27. The van der Waals surface area contributed by atoms with Crippen LogP contribution in [0.15, 0.2) is 22.8 Å². The van der Waals surface area contributed by atoms with Crippen molar-refractivity contribution in [1.82, 2.24) is 15.1 Å². The lowest BCUT2D eigenvalue weighted by Crippen LogP contribution is -2.54. The number of furan rings is 1. The molecule has 21 heavy (non-hydrogen) atoms. The molecule has 1 aliphatic heterocycles. The highest BCUT2D eigenvalue weighted by Gasteiger charge is 2.23. The van der Waals surface area contributed by atoms with Gasteiger partial charge in [0, 0.05) is 38.6 Å². The number of nitrogens with zero attached hydrogens (tertiary/aromatic N) is 2. The molecule has 116 valence electrons. The van der Waals surface area contributed by atoms with Crippen LogP contribution in [0.3, 0.4) is 0 Å². The molecule has 0 spiro atoms. The largest absolute Gasteiger partial charge is 0.480 e. The molecule has 0 aromatic carbocycles. The first-order valence-corrected chi connectivity index (χ1v) is 7.06. The summed E-state index contributed by atoms with van der Waals surface area (Å²) < 4.78 is 5.26. The van der Waals surface area contributed by atoms with Gasteiger partial charge in [0.15, 0.2) is 0 Å². The van der Waals surface area contributed by atoms with Crippen molar-refractivity contribution in [3.8, 4) is 0 Å². The number of amides is 2. The fraction of sp³-hybridized carbons (Fsp3) is 0.571. The van der Waals surface area contributed by atoms with Gasteiger partial charge in [-0.25, -0.2) is 4.79 Å². The molecule has 1 atom stereocenters. The fourth-order valence-electron chi connectivity index (χ4n) is 2.38. The van der Waals surface area contributed by atoms with E-state index in [1.165, 1.54) is 0 Å². The lowest BCUT2D eigenvalue weighted by atomic mass is 10.2. The van der Waals surface area contributed by atoms with Gasteiger partial charge in [-0.15, -0.1) is 0 Å². The van der Waals surface area contributed by atoms with Gasteiger partial charge in [-0.3, -0.25) is 9.69 Å². The van der Waals surface area contributed by atoms with Gasteiger partial charge in [0.05, 0.1) is 12.8 Å². The number of carboxylic acid groups (broad SMARTS) is 1. The molecule has 1 aliphatic rings. The number of hydrogen-bond acceptors (Lipinski definition) is 4. The van der Waals surface area contributed by atoms with Crippen molar-refractivity contribution in [2.24, 2.45) is 0 Å². The second-order valence-corrected chi connectivity index (χ2v) is 5.29. The van der Waals surface area contributed by atoms with E-state index < -0.39 is 5.97 Å². The average molecular weight is 295 g/mol. The molecule has 1 fully saturated rings. The number of hydrogen-bond donors (Lipinski definition) is 2. The topological polar surface area (TPSA) is 86.0 Å². The Kier molecular flexibility index (Phi) is 5.21. The summed E-state index contributed by atoms with van der Waals surface area (Å²) in [5.74, 6) is 0.00838. The van der Waals surface area contributed by atoms with E-state index in [2.05, 4.69) is 5.32 Å². The number of aliphatic carboxylic acids is 1. The van der Waals surface area contributed by atoms with Crippen molar-refractivity contribution < 1.29 is 19.1 Å². The normalized spacial score (nSPS) is 17.5. The quantitative estimate of drug-likeness (QED) is 0.832. The second kappa shape index (κ2) is 7.12. The van der Waals surface area contributed by atoms with Crippen molar-refractivity contribution in [2.45, 2.75) is 19.4 Å². The molecule has 7 nitrogen and oxygen atoms in total. The summed E-state index contributed by atoms with van der Waals surface area (Å²) in [4.78, 5) is 26.3. The average Bonchev–Trinajstić information content (AvgIpc) is 2.91. The minimum Gasteiger partial charge on any atom is -0.480 e. The summed E-state index contributed by atoms with van der Waals surface area (Å²) >= 11 is 0. The number of carbonyl (C=O) groups excluding carboxylic acids is 1. The summed E-state index contributed by atoms with van der Waals surface area (Å²) in [5, 5.41) is 11.7. The molecule has 2 heterocycles. The number of piperazine rings is 1. The first-order chi connectivity index (χ1) is 10.0. The molecule has 1 aromatic rings. The highest BCUT2D eigenvalue weighted by atomic mass is 16.4. The van der Waals surface area contributed by atoms with E-state index in [1.807, 2.05) is 24.0 Å². The van der Waals surface area contributed by atoms with Gasteiger partial charge >= 0.3 is 12.0 Å². The molecule has 0 saturated carbocycles. The Labute approximate surface area is 123 Å².